The van der Waals surface area contributed by atoms with E-state index in [1.165, 1.54) is 17.3 Å². The molecule has 0 radical (unpaired) electrons. The van der Waals surface area contributed by atoms with E-state index in [2.05, 4.69) is 45.4 Å². The van der Waals surface area contributed by atoms with Crippen LogP contribution in [0.2, 0.25) is 25.7 Å². The Morgan fingerprint density at radius 1 is 1.14 bits per heavy atom. The number of pyridine rings is 1. The second-order valence-corrected chi connectivity index (χ2v) is 16.0. The molecule has 0 saturated heterocycles. The van der Waals surface area contributed by atoms with Crippen LogP contribution < -0.4 is 10.1 Å². The van der Waals surface area contributed by atoms with Crippen molar-refractivity contribution in [3.05, 3.63) is 36.7 Å². The lowest BCUT2D eigenvalue weighted by Crippen LogP contribution is -2.37. The van der Waals surface area contributed by atoms with Crippen LogP contribution in [0.4, 0.5) is 4.79 Å². The van der Waals surface area contributed by atoms with Crippen LogP contribution in [0.1, 0.15) is 32.1 Å². The molecule has 0 atom stereocenters. The third-order valence-corrected chi connectivity index (χ3v) is 7.77. The summed E-state index contributed by atoms with van der Waals surface area (Å²) in [6.45, 7) is 7.80. The van der Waals surface area contributed by atoms with Crippen molar-refractivity contribution in [3.63, 3.8) is 0 Å². The van der Waals surface area contributed by atoms with Crippen molar-refractivity contribution < 1.29 is 19.4 Å². The van der Waals surface area contributed by atoms with Gasteiger partial charge in [0.2, 0.25) is 5.82 Å². The van der Waals surface area contributed by atoms with Crippen molar-refractivity contribution in [3.8, 4) is 34.0 Å². The first kappa shape index (κ1) is 25.8. The number of nitrogens with one attached hydrogen (secondary N) is 1. The molecule has 2 aromatic heterocycles. The topological polar surface area (TPSA) is 124 Å². The van der Waals surface area contributed by atoms with Crippen molar-refractivity contribution in [2.24, 2.45) is 0 Å². The summed E-state index contributed by atoms with van der Waals surface area (Å²) >= 11 is 0. The zero-order valence-corrected chi connectivity index (χ0v) is 22.1. The zero-order valence-electron chi connectivity index (χ0n) is 21.1. The summed E-state index contributed by atoms with van der Waals surface area (Å²) in [6, 6.07) is 7.70. The van der Waals surface area contributed by atoms with Gasteiger partial charge in [-0.05, 0) is 48.4 Å². The molecule has 1 aromatic carbocycles. The van der Waals surface area contributed by atoms with Crippen molar-refractivity contribution in [1.82, 2.24) is 30.5 Å². The summed E-state index contributed by atoms with van der Waals surface area (Å²) in [5, 5.41) is 26.0. The van der Waals surface area contributed by atoms with Gasteiger partial charge in [-0.25, -0.2) is 4.79 Å². The lowest BCUT2D eigenvalue weighted by molar-refractivity contribution is 0.0674. The van der Waals surface area contributed by atoms with Crippen LogP contribution in [0.25, 0.3) is 22.5 Å². The normalized spacial score (nSPS) is 14.5. The Bertz CT molecular complexity index is 1170. The first-order valence-corrected chi connectivity index (χ1v) is 16.1. The Balaban J connectivity index is 1.42. The molecule has 0 unspecified atom stereocenters. The van der Waals surface area contributed by atoms with Gasteiger partial charge < -0.3 is 19.9 Å². The molecule has 4 rings (SSSR count). The Labute approximate surface area is 212 Å². The van der Waals surface area contributed by atoms with Crippen LogP contribution in [0.5, 0.6) is 11.5 Å². The molecule has 10 nitrogen and oxygen atoms in total. The number of phenolic OH excluding ortho intramolecular Hbond substituents is 1. The van der Waals surface area contributed by atoms with Gasteiger partial charge in [0.25, 0.3) is 0 Å². The summed E-state index contributed by atoms with van der Waals surface area (Å²) in [4.78, 5) is 18.0. The minimum Gasteiger partial charge on any atom is -0.507 e. The largest absolute Gasteiger partial charge is 0.507 e. The number of ether oxygens (including phenoxy) is 2. The lowest BCUT2D eigenvalue weighted by Gasteiger charge is -2.22. The number of phenols is 1. The molecule has 1 fully saturated rings. The molecular formula is C25H34N6O4Si. The summed E-state index contributed by atoms with van der Waals surface area (Å²) in [6.07, 6.45) is 8.14. The number of aromatic hydroxyl groups is 1. The summed E-state index contributed by atoms with van der Waals surface area (Å²) in [5.41, 5.74) is 1.75. The van der Waals surface area contributed by atoms with Crippen molar-refractivity contribution in [2.45, 2.75) is 70.6 Å². The Kier molecular flexibility index (Phi) is 8.31. The van der Waals surface area contributed by atoms with Crippen LogP contribution in [-0.4, -0.2) is 57.1 Å². The van der Waals surface area contributed by atoms with Gasteiger partial charge in [-0.15, -0.1) is 15.0 Å². The number of tetrazole rings is 1. The quantitative estimate of drug-likeness (QED) is 0.309. The fourth-order valence-electron chi connectivity index (χ4n) is 4.01. The Hall–Kier alpha value is -3.31. The van der Waals surface area contributed by atoms with E-state index >= 15 is 0 Å². The SMILES string of the molecule is C[Si](C)(C)CCOCn1nnc(-c2cncc(-c3cc(OC(=O)NC4CCCCC4)ccc3O)c2)n1. The highest BCUT2D eigenvalue weighted by Gasteiger charge is 2.18. The Morgan fingerprint density at radius 2 is 1.92 bits per heavy atom. The molecule has 1 aliphatic carbocycles. The highest BCUT2D eigenvalue weighted by Crippen LogP contribution is 2.34. The molecule has 2 N–H and O–H groups in total. The summed E-state index contributed by atoms with van der Waals surface area (Å²) < 4.78 is 11.2. The molecule has 36 heavy (non-hydrogen) atoms. The van der Waals surface area contributed by atoms with Crippen LogP contribution in [0, 0.1) is 0 Å². The molecule has 192 valence electrons. The number of nitrogens with zero attached hydrogens (tertiary/aromatic N) is 5. The minimum atomic E-state index is -1.16. The standard InChI is InChI=1S/C25H34N6O4Si/c1-36(2,3)12-11-34-17-31-29-24(28-30-31)19-13-18(15-26-16-19)22-14-21(9-10-23(22)32)35-25(33)27-20-7-5-4-6-8-20/h9-10,13-16,20,32H,4-8,11-12,17H2,1-3H3,(H,27,33). The zero-order chi connectivity index (χ0) is 25.5. The highest BCUT2D eigenvalue weighted by molar-refractivity contribution is 6.76. The number of hydrogen-bond acceptors (Lipinski definition) is 8. The molecule has 1 saturated carbocycles. The van der Waals surface area contributed by atoms with Gasteiger partial charge >= 0.3 is 6.09 Å². The van der Waals surface area contributed by atoms with Crippen LogP contribution >= 0.6 is 0 Å². The molecule has 0 spiro atoms. The number of aromatic nitrogens is 5. The van der Waals surface area contributed by atoms with E-state index in [1.54, 1.807) is 30.6 Å². The number of carbonyl (C=O) groups is 1. The third-order valence-electron chi connectivity index (χ3n) is 6.07. The van der Waals surface area contributed by atoms with E-state index in [9.17, 15) is 9.90 Å². The number of rotatable bonds is 9. The molecule has 11 heteroatoms. The van der Waals surface area contributed by atoms with Gasteiger partial charge in [-0.2, -0.15) is 0 Å². The predicted molar refractivity (Wildman–Crippen MR) is 138 cm³/mol. The van der Waals surface area contributed by atoms with E-state index in [0.717, 1.165) is 31.7 Å². The maximum absolute atomic E-state index is 12.4. The van der Waals surface area contributed by atoms with Gasteiger partial charge in [-0.1, -0.05) is 38.9 Å². The first-order valence-electron chi connectivity index (χ1n) is 12.4. The fourth-order valence-corrected chi connectivity index (χ4v) is 4.76. The van der Waals surface area contributed by atoms with Gasteiger partial charge in [0.05, 0.1) is 0 Å². The van der Waals surface area contributed by atoms with E-state index in [0.29, 0.717) is 34.9 Å². The van der Waals surface area contributed by atoms with E-state index in [1.807, 2.05) is 0 Å². The molecule has 1 amide bonds. The van der Waals surface area contributed by atoms with E-state index in [4.69, 9.17) is 9.47 Å². The van der Waals surface area contributed by atoms with Gasteiger partial charge in [0.15, 0.2) is 6.73 Å². The van der Waals surface area contributed by atoms with Crippen LogP contribution in [0.15, 0.2) is 36.7 Å². The fraction of sp³-hybridized carbons (Fsp3) is 0.480. The summed E-state index contributed by atoms with van der Waals surface area (Å²) in [7, 11) is -1.16. The van der Waals surface area contributed by atoms with Gasteiger partial charge in [0, 0.05) is 49.8 Å². The molecular weight excluding hydrogens is 476 g/mol. The maximum atomic E-state index is 12.4. The van der Waals surface area contributed by atoms with Crippen molar-refractivity contribution in [2.75, 3.05) is 6.61 Å². The molecule has 2 heterocycles. The van der Waals surface area contributed by atoms with Gasteiger partial charge in [0.1, 0.15) is 11.5 Å². The highest BCUT2D eigenvalue weighted by atomic mass is 28.3. The second kappa shape index (κ2) is 11.6. The maximum Gasteiger partial charge on any atom is 0.412 e. The number of amides is 1. The number of carbonyl (C=O) groups excluding carboxylic acids is 1. The number of hydrogen-bond donors (Lipinski definition) is 2. The molecule has 0 aliphatic heterocycles. The van der Waals surface area contributed by atoms with Gasteiger partial charge in [-0.3, -0.25) is 4.98 Å². The number of benzene rings is 1. The van der Waals surface area contributed by atoms with Crippen LogP contribution in [0.3, 0.4) is 0 Å². The average molecular weight is 511 g/mol. The first-order chi connectivity index (χ1) is 17.3. The molecule has 3 aromatic rings. The van der Waals surface area contributed by atoms with Crippen LogP contribution in [-0.2, 0) is 11.5 Å². The summed E-state index contributed by atoms with van der Waals surface area (Å²) in [5.74, 6) is 0.777. The molecule has 0 bridgehead atoms. The monoisotopic (exact) mass is 510 g/mol. The van der Waals surface area contributed by atoms with Crippen molar-refractivity contribution in [1.29, 1.82) is 0 Å². The average Bonchev–Trinajstić information content (AvgIpc) is 3.32. The third kappa shape index (κ3) is 7.34. The smallest absolute Gasteiger partial charge is 0.412 e. The minimum absolute atomic E-state index is 0.0430. The molecule has 1 aliphatic rings. The lowest BCUT2D eigenvalue weighted by atomic mass is 9.96. The van der Waals surface area contributed by atoms with E-state index in [-0.39, 0.29) is 18.5 Å². The Morgan fingerprint density at radius 3 is 2.69 bits per heavy atom. The van der Waals surface area contributed by atoms with E-state index < -0.39 is 14.2 Å². The van der Waals surface area contributed by atoms with Crippen molar-refractivity contribution >= 4 is 14.2 Å². The predicted octanol–water partition coefficient (Wildman–Crippen LogP) is 4.84. The second-order valence-electron chi connectivity index (χ2n) is 10.3.